The second-order valence-corrected chi connectivity index (χ2v) is 6.05. The summed E-state index contributed by atoms with van der Waals surface area (Å²) in [5.41, 5.74) is 5.48. The lowest BCUT2D eigenvalue weighted by Crippen LogP contribution is -2.46. The molecule has 0 fully saturated rings. The van der Waals surface area contributed by atoms with Crippen molar-refractivity contribution >= 4 is 8.80 Å². The third-order valence-corrected chi connectivity index (χ3v) is 5.03. The molecule has 0 rings (SSSR count). The van der Waals surface area contributed by atoms with Gasteiger partial charge >= 0.3 is 8.80 Å². The van der Waals surface area contributed by atoms with Gasteiger partial charge in [0.05, 0.1) is 13.2 Å². The maximum Gasteiger partial charge on any atom is 0.500 e. The highest BCUT2D eigenvalue weighted by molar-refractivity contribution is 6.60. The van der Waals surface area contributed by atoms with Crippen LogP contribution >= 0.6 is 0 Å². The minimum atomic E-state index is -2.40. The summed E-state index contributed by atoms with van der Waals surface area (Å²) in [6.07, 6.45) is 0.895. The molecule has 0 saturated carbocycles. The van der Waals surface area contributed by atoms with Gasteiger partial charge in [0.15, 0.2) is 0 Å². The smallest absolute Gasteiger partial charge is 0.394 e. The molecule has 0 aromatic carbocycles. The largest absolute Gasteiger partial charge is 0.500 e. The molecule has 18 heavy (non-hydrogen) atoms. The van der Waals surface area contributed by atoms with E-state index in [1.807, 2.05) is 20.8 Å². The summed E-state index contributed by atoms with van der Waals surface area (Å²) in [4.78, 5) is 0. The number of hydrogen-bond acceptors (Lipinski definition) is 6. The van der Waals surface area contributed by atoms with E-state index in [4.69, 9.17) is 29.2 Å². The topological polar surface area (TPSA) is 94.2 Å². The molecule has 6 nitrogen and oxygen atoms in total. The van der Waals surface area contributed by atoms with Crippen LogP contribution in [0.2, 0.25) is 6.04 Å². The van der Waals surface area contributed by atoms with Crippen LogP contribution in [0.3, 0.4) is 0 Å². The van der Waals surface area contributed by atoms with E-state index in [9.17, 15) is 0 Å². The van der Waals surface area contributed by atoms with E-state index < -0.39 is 8.80 Å². The first-order chi connectivity index (χ1) is 8.66. The maximum absolute atomic E-state index is 7.62. The van der Waals surface area contributed by atoms with Crippen LogP contribution in [0.25, 0.3) is 0 Å². The zero-order valence-corrected chi connectivity index (χ0v) is 12.9. The molecule has 0 amide bonds. The van der Waals surface area contributed by atoms with Crippen molar-refractivity contribution in [3.8, 4) is 0 Å². The molecular weight excluding hydrogens is 254 g/mol. The van der Waals surface area contributed by atoms with Gasteiger partial charge in [-0.25, -0.2) is 0 Å². The van der Waals surface area contributed by atoms with E-state index in [2.05, 4.69) is 0 Å². The fourth-order valence-corrected chi connectivity index (χ4v) is 3.96. The Balaban J connectivity index is 0. The van der Waals surface area contributed by atoms with Gasteiger partial charge in [-0.15, -0.1) is 0 Å². The molecule has 4 N–H and O–H groups in total. The fraction of sp³-hybridized carbons (Fsp3) is 1.00. The molecule has 7 heteroatoms. The normalized spacial score (nSPS) is 11.0. The fourth-order valence-electron chi connectivity index (χ4n) is 1.32. The van der Waals surface area contributed by atoms with Crippen molar-refractivity contribution in [1.82, 2.24) is 0 Å². The van der Waals surface area contributed by atoms with Crippen LogP contribution in [-0.4, -0.2) is 58.6 Å². The molecule has 0 heterocycles. The zero-order valence-electron chi connectivity index (χ0n) is 11.9. The van der Waals surface area contributed by atoms with Crippen molar-refractivity contribution < 1.29 is 23.5 Å². The molecule has 0 aromatic rings. The van der Waals surface area contributed by atoms with Gasteiger partial charge in [0.25, 0.3) is 0 Å². The Morgan fingerprint density at radius 1 is 0.889 bits per heavy atom. The SMILES string of the molecule is CCO[Si](CCCN)(OCC)OCC.OCCO. The van der Waals surface area contributed by atoms with E-state index in [-0.39, 0.29) is 13.2 Å². The Morgan fingerprint density at radius 2 is 1.28 bits per heavy atom. The molecule has 0 unspecified atom stereocenters. The molecule has 0 spiro atoms. The average molecular weight is 283 g/mol. The molecule has 0 aliphatic heterocycles. The van der Waals surface area contributed by atoms with Crippen molar-refractivity contribution in [1.29, 1.82) is 0 Å². The van der Waals surface area contributed by atoms with Crippen molar-refractivity contribution in [2.75, 3.05) is 39.6 Å². The van der Waals surface area contributed by atoms with Crippen molar-refractivity contribution in [2.24, 2.45) is 5.73 Å². The minimum absolute atomic E-state index is 0.125. The Bertz CT molecular complexity index is 143. The van der Waals surface area contributed by atoms with Crippen LogP contribution in [-0.2, 0) is 13.3 Å². The molecule has 0 atom stereocenters. The molecule has 0 bridgehead atoms. The van der Waals surface area contributed by atoms with E-state index in [1.54, 1.807) is 0 Å². The second-order valence-electron chi connectivity index (χ2n) is 3.32. The summed E-state index contributed by atoms with van der Waals surface area (Å²) in [6, 6.07) is 0.818. The number of aliphatic hydroxyl groups is 2. The lowest BCUT2D eigenvalue weighted by molar-refractivity contribution is 0.0710. The Labute approximate surface area is 111 Å². The monoisotopic (exact) mass is 283 g/mol. The number of nitrogens with two attached hydrogens (primary N) is 1. The lowest BCUT2D eigenvalue weighted by Gasteiger charge is -2.28. The molecule has 112 valence electrons. The van der Waals surface area contributed by atoms with E-state index >= 15 is 0 Å². The second kappa shape index (κ2) is 15.0. The summed E-state index contributed by atoms with van der Waals surface area (Å²) in [7, 11) is -2.40. The molecule has 0 aliphatic carbocycles. The Kier molecular flexibility index (Phi) is 17.0. The van der Waals surface area contributed by atoms with Gasteiger partial charge in [-0.3, -0.25) is 0 Å². The highest BCUT2D eigenvalue weighted by Gasteiger charge is 2.39. The first kappa shape index (κ1) is 20.3. The van der Waals surface area contributed by atoms with Crippen molar-refractivity contribution in [2.45, 2.75) is 33.2 Å². The van der Waals surface area contributed by atoms with Crippen LogP contribution in [0.4, 0.5) is 0 Å². The van der Waals surface area contributed by atoms with Gasteiger partial charge in [-0.1, -0.05) is 0 Å². The number of rotatable bonds is 10. The van der Waals surface area contributed by atoms with E-state index in [0.29, 0.717) is 26.4 Å². The van der Waals surface area contributed by atoms with Crippen LogP contribution in [0.15, 0.2) is 0 Å². The molecule has 0 saturated heterocycles. The van der Waals surface area contributed by atoms with Crippen LogP contribution in [0, 0.1) is 0 Å². The summed E-state index contributed by atoms with van der Waals surface area (Å²) < 4.78 is 17.0. The molecular formula is C11H29NO5Si. The number of hydrogen-bond donors (Lipinski definition) is 3. The van der Waals surface area contributed by atoms with Crippen molar-refractivity contribution in [3.05, 3.63) is 0 Å². The molecule has 0 radical (unpaired) electrons. The predicted octanol–water partition coefficient (Wildman–Crippen LogP) is 0.355. The third-order valence-electron chi connectivity index (χ3n) is 1.88. The number of aliphatic hydroxyl groups excluding tert-OH is 2. The summed E-state index contributed by atoms with van der Waals surface area (Å²) in [5, 5.41) is 15.2. The summed E-state index contributed by atoms with van der Waals surface area (Å²) >= 11 is 0. The zero-order chi connectivity index (χ0) is 14.3. The van der Waals surface area contributed by atoms with E-state index in [1.165, 1.54) is 0 Å². The highest BCUT2D eigenvalue weighted by atomic mass is 28.4. The van der Waals surface area contributed by atoms with Gasteiger partial charge in [-0.2, -0.15) is 0 Å². The summed E-state index contributed by atoms with van der Waals surface area (Å²) in [5.74, 6) is 0. The Morgan fingerprint density at radius 3 is 1.50 bits per heavy atom. The summed E-state index contributed by atoms with van der Waals surface area (Å²) in [6.45, 7) is 8.19. The van der Waals surface area contributed by atoms with Gasteiger partial charge < -0.3 is 29.2 Å². The van der Waals surface area contributed by atoms with Gasteiger partial charge in [0.1, 0.15) is 0 Å². The quantitative estimate of drug-likeness (QED) is 0.501. The lowest BCUT2D eigenvalue weighted by atomic mass is 10.5. The Hall–Kier alpha value is -0.0231. The van der Waals surface area contributed by atoms with Crippen LogP contribution in [0.5, 0.6) is 0 Å². The van der Waals surface area contributed by atoms with Gasteiger partial charge in [0, 0.05) is 25.9 Å². The minimum Gasteiger partial charge on any atom is -0.394 e. The van der Waals surface area contributed by atoms with Gasteiger partial charge in [-0.05, 0) is 33.7 Å². The predicted molar refractivity (Wildman–Crippen MR) is 73.3 cm³/mol. The van der Waals surface area contributed by atoms with Crippen LogP contribution < -0.4 is 5.73 Å². The standard InChI is InChI=1S/C9H23NO3Si.C2H6O2/c1-4-11-14(12-5-2,13-6-3)9-7-8-10;3-1-2-4/h4-10H2,1-3H3;3-4H,1-2H2. The van der Waals surface area contributed by atoms with E-state index in [0.717, 1.165) is 12.5 Å². The first-order valence-corrected chi connectivity index (χ1v) is 8.43. The highest BCUT2D eigenvalue weighted by Crippen LogP contribution is 2.17. The first-order valence-electron chi connectivity index (χ1n) is 6.49. The van der Waals surface area contributed by atoms with Crippen LogP contribution in [0.1, 0.15) is 27.2 Å². The molecule has 0 aromatic heterocycles. The molecule has 0 aliphatic rings. The third kappa shape index (κ3) is 11.1. The maximum atomic E-state index is 7.62. The van der Waals surface area contributed by atoms with Crippen molar-refractivity contribution in [3.63, 3.8) is 0 Å². The average Bonchev–Trinajstić information content (AvgIpc) is 2.38. The van der Waals surface area contributed by atoms with Gasteiger partial charge in [0.2, 0.25) is 0 Å².